The number of pyridine rings is 1. The van der Waals surface area contributed by atoms with E-state index >= 15 is 0 Å². The summed E-state index contributed by atoms with van der Waals surface area (Å²) in [5, 5.41) is 3.80. The molecule has 4 aromatic rings. The molecule has 1 saturated heterocycles. The molecular formula is C22H23N7O2S. The summed E-state index contributed by atoms with van der Waals surface area (Å²) < 4.78 is 27.2. The highest BCUT2D eigenvalue weighted by Crippen LogP contribution is 2.24. The van der Waals surface area contributed by atoms with E-state index in [9.17, 15) is 8.42 Å². The quantitative estimate of drug-likeness (QED) is 0.497. The van der Waals surface area contributed by atoms with Crippen molar-refractivity contribution in [1.82, 2.24) is 23.8 Å². The number of nitrogens with zero attached hydrogens (tertiary/aromatic N) is 6. The molecule has 164 valence electrons. The molecule has 0 radical (unpaired) electrons. The Morgan fingerprint density at radius 2 is 1.75 bits per heavy atom. The molecule has 4 heterocycles. The van der Waals surface area contributed by atoms with E-state index in [1.54, 1.807) is 18.3 Å². The number of fused-ring (bicyclic) bond motifs is 1. The van der Waals surface area contributed by atoms with E-state index in [-0.39, 0.29) is 4.90 Å². The molecular weight excluding hydrogens is 426 g/mol. The van der Waals surface area contributed by atoms with Crippen LogP contribution in [-0.4, -0.2) is 65.5 Å². The molecule has 0 spiro atoms. The van der Waals surface area contributed by atoms with E-state index in [1.165, 1.54) is 30.3 Å². The number of hydrogen-bond donors (Lipinski definition) is 1. The van der Waals surface area contributed by atoms with Crippen LogP contribution in [0.25, 0.3) is 11.0 Å². The van der Waals surface area contributed by atoms with Crippen LogP contribution in [0.5, 0.6) is 0 Å². The lowest BCUT2D eigenvalue weighted by Gasteiger charge is -2.34. The number of nitrogens with one attached hydrogen (secondary N) is 1. The van der Waals surface area contributed by atoms with Crippen molar-refractivity contribution in [2.24, 2.45) is 0 Å². The third kappa shape index (κ3) is 3.90. The molecule has 5 rings (SSSR count). The van der Waals surface area contributed by atoms with Crippen molar-refractivity contribution in [1.29, 1.82) is 0 Å². The van der Waals surface area contributed by atoms with E-state index < -0.39 is 10.0 Å². The topological polar surface area (TPSA) is 96.2 Å². The summed E-state index contributed by atoms with van der Waals surface area (Å²) in [5.74, 6) is 0.325. The Labute approximate surface area is 186 Å². The van der Waals surface area contributed by atoms with Gasteiger partial charge < -0.3 is 15.1 Å². The SMILES string of the molecule is CN1CCN(c2ccc(Nc3ncc4ccn(S(=O)(=O)c5cccnc5)c4n3)cc2)CC1. The van der Waals surface area contributed by atoms with Gasteiger partial charge in [-0.3, -0.25) is 4.98 Å². The van der Waals surface area contributed by atoms with Crippen LogP contribution in [0, 0.1) is 0 Å². The smallest absolute Gasteiger partial charge is 0.270 e. The average Bonchev–Trinajstić information content (AvgIpc) is 3.25. The van der Waals surface area contributed by atoms with Gasteiger partial charge in [0.05, 0.1) is 0 Å². The van der Waals surface area contributed by atoms with Crippen molar-refractivity contribution in [3.05, 3.63) is 67.3 Å². The Bertz CT molecular complexity index is 1330. The highest BCUT2D eigenvalue weighted by Gasteiger charge is 2.20. The molecule has 0 unspecified atom stereocenters. The van der Waals surface area contributed by atoms with Gasteiger partial charge in [0.15, 0.2) is 5.65 Å². The first-order valence-corrected chi connectivity index (χ1v) is 11.7. The maximum atomic E-state index is 13.0. The molecule has 0 bridgehead atoms. The normalized spacial score (nSPS) is 15.2. The van der Waals surface area contributed by atoms with Crippen molar-refractivity contribution >= 4 is 38.4 Å². The third-order valence-corrected chi connectivity index (χ3v) is 7.23. The van der Waals surface area contributed by atoms with Crippen molar-refractivity contribution in [2.75, 3.05) is 43.4 Å². The fourth-order valence-corrected chi connectivity index (χ4v) is 4.98. The minimum Gasteiger partial charge on any atom is -0.369 e. The summed E-state index contributed by atoms with van der Waals surface area (Å²) in [6, 6.07) is 12.9. The van der Waals surface area contributed by atoms with Crippen molar-refractivity contribution in [3.8, 4) is 0 Å². The van der Waals surface area contributed by atoms with Crippen LogP contribution in [0.1, 0.15) is 0 Å². The fourth-order valence-electron chi connectivity index (χ4n) is 3.71. The summed E-state index contributed by atoms with van der Waals surface area (Å²) in [6.45, 7) is 4.11. The Kier molecular flexibility index (Phi) is 5.24. The van der Waals surface area contributed by atoms with Gasteiger partial charge in [-0.05, 0) is 49.5 Å². The standard InChI is InChI=1S/C22H23N7O2S/c1-27-11-13-28(14-12-27)19-6-4-18(5-7-19)25-22-24-15-17-8-10-29(21(17)26-22)32(30,31)20-3-2-9-23-16-20/h2-10,15-16H,11-14H2,1H3,(H,24,25,26). The monoisotopic (exact) mass is 449 g/mol. The van der Waals surface area contributed by atoms with Crippen LogP contribution in [0.4, 0.5) is 17.3 Å². The Hall–Kier alpha value is -3.50. The zero-order valence-corrected chi connectivity index (χ0v) is 18.4. The van der Waals surface area contributed by atoms with Crippen LogP contribution in [-0.2, 0) is 10.0 Å². The first kappa shape index (κ1) is 20.4. The number of piperazine rings is 1. The lowest BCUT2D eigenvalue weighted by molar-refractivity contribution is 0.313. The van der Waals surface area contributed by atoms with Crippen LogP contribution in [0.2, 0.25) is 0 Å². The Morgan fingerprint density at radius 1 is 0.969 bits per heavy atom. The zero-order chi connectivity index (χ0) is 22.1. The van der Waals surface area contributed by atoms with Gasteiger partial charge in [-0.1, -0.05) is 0 Å². The lowest BCUT2D eigenvalue weighted by Crippen LogP contribution is -2.44. The number of rotatable bonds is 5. The van der Waals surface area contributed by atoms with Crippen molar-refractivity contribution in [2.45, 2.75) is 4.90 Å². The van der Waals surface area contributed by atoms with Crippen molar-refractivity contribution in [3.63, 3.8) is 0 Å². The second-order valence-electron chi connectivity index (χ2n) is 7.74. The van der Waals surface area contributed by atoms with Gasteiger partial charge in [0.25, 0.3) is 10.0 Å². The molecule has 0 atom stereocenters. The molecule has 1 fully saturated rings. The Morgan fingerprint density at radius 3 is 2.47 bits per heavy atom. The summed E-state index contributed by atoms with van der Waals surface area (Å²) in [5.41, 5.74) is 2.31. The minimum absolute atomic E-state index is 0.102. The van der Waals surface area contributed by atoms with E-state index in [2.05, 4.69) is 49.2 Å². The molecule has 0 amide bonds. The molecule has 0 aliphatic carbocycles. The molecule has 1 aromatic carbocycles. The molecule has 1 aliphatic heterocycles. The van der Waals surface area contributed by atoms with E-state index in [0.29, 0.717) is 17.0 Å². The van der Waals surface area contributed by atoms with Crippen LogP contribution in [0.15, 0.2) is 72.1 Å². The van der Waals surface area contributed by atoms with Crippen LogP contribution in [0.3, 0.4) is 0 Å². The van der Waals surface area contributed by atoms with Gasteiger partial charge in [0, 0.05) is 67.7 Å². The highest BCUT2D eigenvalue weighted by atomic mass is 32.2. The van der Waals surface area contributed by atoms with Crippen LogP contribution < -0.4 is 10.2 Å². The molecule has 32 heavy (non-hydrogen) atoms. The number of likely N-dealkylation sites (N-methyl/N-ethyl adjacent to an activating group) is 1. The van der Waals surface area contributed by atoms with Gasteiger partial charge in [-0.25, -0.2) is 17.4 Å². The molecule has 1 aliphatic rings. The zero-order valence-electron chi connectivity index (χ0n) is 17.6. The Balaban J connectivity index is 1.39. The van der Waals surface area contributed by atoms with Gasteiger partial charge >= 0.3 is 0 Å². The molecule has 9 nitrogen and oxygen atoms in total. The first-order valence-electron chi connectivity index (χ1n) is 10.3. The maximum Gasteiger partial charge on any atom is 0.270 e. The minimum atomic E-state index is -3.81. The van der Waals surface area contributed by atoms with Gasteiger partial charge in [0.2, 0.25) is 5.95 Å². The number of hydrogen-bond acceptors (Lipinski definition) is 8. The predicted octanol–water partition coefficient (Wildman–Crippen LogP) is 2.56. The number of benzene rings is 1. The summed E-state index contributed by atoms with van der Waals surface area (Å²) in [4.78, 5) is 17.5. The predicted molar refractivity (Wildman–Crippen MR) is 124 cm³/mol. The summed E-state index contributed by atoms with van der Waals surface area (Å²) in [6.07, 6.45) is 5.95. The third-order valence-electron chi connectivity index (χ3n) is 5.58. The summed E-state index contributed by atoms with van der Waals surface area (Å²) >= 11 is 0. The van der Waals surface area contributed by atoms with Gasteiger partial charge in [-0.2, -0.15) is 4.98 Å². The maximum absolute atomic E-state index is 13.0. The molecule has 0 saturated carbocycles. The second-order valence-corrected chi connectivity index (χ2v) is 9.56. The van der Waals surface area contributed by atoms with E-state index in [0.717, 1.165) is 35.8 Å². The molecule has 3 aromatic heterocycles. The van der Waals surface area contributed by atoms with Gasteiger partial charge in [-0.15, -0.1) is 0 Å². The van der Waals surface area contributed by atoms with E-state index in [4.69, 9.17) is 0 Å². The van der Waals surface area contributed by atoms with Gasteiger partial charge in [0.1, 0.15) is 4.90 Å². The molecule has 1 N–H and O–H groups in total. The largest absolute Gasteiger partial charge is 0.369 e. The van der Waals surface area contributed by atoms with E-state index in [1.807, 2.05) is 12.1 Å². The van der Waals surface area contributed by atoms with Crippen LogP contribution >= 0.6 is 0 Å². The van der Waals surface area contributed by atoms with Crippen molar-refractivity contribution < 1.29 is 8.42 Å². The highest BCUT2D eigenvalue weighted by molar-refractivity contribution is 7.90. The average molecular weight is 450 g/mol. The number of anilines is 3. The fraction of sp³-hybridized carbons (Fsp3) is 0.227. The summed E-state index contributed by atoms with van der Waals surface area (Å²) in [7, 11) is -1.67. The number of aromatic nitrogens is 4. The first-order chi connectivity index (χ1) is 15.5. The second kappa shape index (κ2) is 8.21. The lowest BCUT2D eigenvalue weighted by atomic mass is 10.2. The molecule has 10 heteroatoms.